The van der Waals surface area contributed by atoms with E-state index in [4.69, 9.17) is 18.3 Å². The number of benzene rings is 2. The van der Waals surface area contributed by atoms with Gasteiger partial charge in [0.15, 0.2) is 0 Å². The van der Waals surface area contributed by atoms with Crippen LogP contribution in [0.15, 0.2) is 36.4 Å². The van der Waals surface area contributed by atoms with Gasteiger partial charge in [-0.25, -0.2) is 0 Å². The zero-order chi connectivity index (χ0) is 20.0. The predicted molar refractivity (Wildman–Crippen MR) is 111 cm³/mol. The maximum atomic E-state index is 6.85. The molecule has 3 rings (SSSR count). The third-order valence-corrected chi connectivity index (χ3v) is 10.1. The largest absolute Gasteiger partial charge is 0.511 e. The van der Waals surface area contributed by atoms with Crippen molar-refractivity contribution in [1.29, 1.82) is 0 Å². The van der Waals surface area contributed by atoms with Crippen LogP contribution in [-0.4, -0.2) is 22.8 Å². The third-order valence-electron chi connectivity index (χ3n) is 5.15. The molecule has 2 aromatic carbocycles. The van der Waals surface area contributed by atoms with Gasteiger partial charge in [-0.05, 0) is 36.4 Å². The highest BCUT2D eigenvalue weighted by atomic mass is 28.4. The van der Waals surface area contributed by atoms with Crippen LogP contribution in [-0.2, 0) is 0 Å². The molecule has 0 fully saturated rings. The van der Waals surface area contributed by atoms with E-state index in [0.717, 1.165) is 34.1 Å². The Kier molecular flexibility index (Phi) is 4.71. The number of methoxy groups -OCH3 is 2. The molecule has 146 valence electrons. The highest BCUT2D eigenvalue weighted by molar-refractivity contribution is 6.75. The van der Waals surface area contributed by atoms with E-state index >= 15 is 0 Å². The minimum atomic E-state index is -2.78. The van der Waals surface area contributed by atoms with Gasteiger partial charge in [0, 0.05) is 21.2 Å². The van der Waals surface area contributed by atoms with Crippen LogP contribution in [0, 0.1) is 0 Å². The normalized spacial score (nSPS) is 15.6. The van der Waals surface area contributed by atoms with Gasteiger partial charge in [-0.1, -0.05) is 41.5 Å². The summed E-state index contributed by atoms with van der Waals surface area (Å²) in [6.07, 6.45) is 0. The second kappa shape index (κ2) is 6.48. The van der Waals surface area contributed by atoms with E-state index in [1.165, 1.54) is 0 Å². The Morgan fingerprint density at radius 3 is 1.33 bits per heavy atom. The Morgan fingerprint density at radius 2 is 1.04 bits per heavy atom. The first-order valence-corrected chi connectivity index (χ1v) is 11.1. The average molecular weight is 387 g/mol. The summed E-state index contributed by atoms with van der Waals surface area (Å²) in [5.41, 5.74) is 1.93. The van der Waals surface area contributed by atoms with E-state index in [-0.39, 0.29) is 10.1 Å². The number of rotatable bonds is 2. The summed E-state index contributed by atoms with van der Waals surface area (Å²) in [4.78, 5) is 0. The number of ether oxygens (including phenoxy) is 2. The molecular formula is C22H30O4Si. The lowest BCUT2D eigenvalue weighted by atomic mass is 10.0. The minimum absolute atomic E-state index is 0.149. The van der Waals surface area contributed by atoms with Crippen LogP contribution in [0.4, 0.5) is 0 Å². The monoisotopic (exact) mass is 386 g/mol. The third kappa shape index (κ3) is 3.18. The van der Waals surface area contributed by atoms with Crippen molar-refractivity contribution in [3.63, 3.8) is 0 Å². The Balaban J connectivity index is 2.35. The van der Waals surface area contributed by atoms with Gasteiger partial charge in [-0.3, -0.25) is 0 Å². The van der Waals surface area contributed by atoms with E-state index in [9.17, 15) is 0 Å². The van der Waals surface area contributed by atoms with E-state index in [0.29, 0.717) is 0 Å². The molecule has 0 spiro atoms. The molecule has 0 unspecified atom stereocenters. The molecule has 1 aliphatic rings. The van der Waals surface area contributed by atoms with Crippen LogP contribution in [0.3, 0.4) is 0 Å². The standard InChI is InChI=1S/C22H30O4Si/c1-21(2,3)27(22(4,5)6)25-19-11-9-15(23-7)13-17(19)18-14-16(24-8)10-12-20(18)26-27/h9-14H,1-8H3. The van der Waals surface area contributed by atoms with Crippen molar-refractivity contribution in [2.24, 2.45) is 0 Å². The molecule has 5 heteroatoms. The van der Waals surface area contributed by atoms with Gasteiger partial charge in [-0.2, -0.15) is 0 Å². The summed E-state index contributed by atoms with van der Waals surface area (Å²) in [6.45, 7) is 13.3. The molecule has 1 aliphatic heterocycles. The van der Waals surface area contributed by atoms with Crippen molar-refractivity contribution in [2.45, 2.75) is 51.6 Å². The van der Waals surface area contributed by atoms with Crippen molar-refractivity contribution < 1.29 is 18.3 Å². The lowest BCUT2D eigenvalue weighted by Crippen LogP contribution is -2.62. The molecule has 0 atom stereocenters. The quantitative estimate of drug-likeness (QED) is 0.577. The van der Waals surface area contributed by atoms with Gasteiger partial charge >= 0.3 is 8.56 Å². The Hall–Kier alpha value is -2.14. The molecule has 0 N–H and O–H groups in total. The second-order valence-electron chi connectivity index (χ2n) is 9.04. The summed E-state index contributed by atoms with van der Waals surface area (Å²) in [7, 11) is 0.569. The van der Waals surface area contributed by atoms with Crippen LogP contribution >= 0.6 is 0 Å². The summed E-state index contributed by atoms with van der Waals surface area (Å²) >= 11 is 0. The van der Waals surface area contributed by atoms with Crippen molar-refractivity contribution in [1.82, 2.24) is 0 Å². The van der Waals surface area contributed by atoms with Gasteiger partial charge in [-0.15, -0.1) is 0 Å². The van der Waals surface area contributed by atoms with Crippen molar-refractivity contribution in [3.8, 4) is 34.1 Å². The van der Waals surface area contributed by atoms with Crippen molar-refractivity contribution >= 4 is 8.56 Å². The molecule has 0 saturated heterocycles. The molecule has 0 aromatic heterocycles. The van der Waals surface area contributed by atoms with Gasteiger partial charge in [0.05, 0.1) is 14.2 Å². The molecule has 0 bridgehead atoms. The molecule has 0 radical (unpaired) electrons. The van der Waals surface area contributed by atoms with E-state index in [2.05, 4.69) is 41.5 Å². The Bertz CT molecular complexity index is 775. The molecule has 4 nitrogen and oxygen atoms in total. The zero-order valence-electron chi connectivity index (χ0n) is 17.6. The fourth-order valence-corrected chi connectivity index (χ4v) is 8.43. The first-order chi connectivity index (χ1) is 12.5. The Morgan fingerprint density at radius 1 is 0.667 bits per heavy atom. The van der Waals surface area contributed by atoms with Crippen LogP contribution in [0.5, 0.6) is 23.0 Å². The molecule has 2 aromatic rings. The van der Waals surface area contributed by atoms with Gasteiger partial charge in [0.1, 0.15) is 23.0 Å². The van der Waals surface area contributed by atoms with Gasteiger partial charge in [0.25, 0.3) is 0 Å². The number of hydrogen-bond acceptors (Lipinski definition) is 4. The summed E-state index contributed by atoms with van der Waals surface area (Å²) in [5.74, 6) is 3.23. The lowest BCUT2D eigenvalue weighted by molar-refractivity contribution is 0.299. The van der Waals surface area contributed by atoms with Crippen LogP contribution in [0.1, 0.15) is 41.5 Å². The molecule has 0 amide bonds. The summed E-state index contributed by atoms with van der Waals surface area (Å²) < 4.78 is 24.6. The topological polar surface area (TPSA) is 36.9 Å². The predicted octanol–water partition coefficient (Wildman–Crippen LogP) is 6.18. The number of fused-ring (bicyclic) bond motifs is 3. The highest BCUT2D eigenvalue weighted by Gasteiger charge is 2.63. The Labute approximate surface area is 163 Å². The SMILES string of the molecule is COc1ccc2c(c1)-c1cc(OC)ccc1O[Si](C(C)(C)C)(C(C)(C)C)O2. The minimum Gasteiger partial charge on any atom is -0.511 e. The fourth-order valence-electron chi connectivity index (χ4n) is 3.94. The molecular weight excluding hydrogens is 356 g/mol. The number of hydrogen-bond donors (Lipinski definition) is 0. The summed E-state index contributed by atoms with van der Waals surface area (Å²) in [5, 5.41) is -0.298. The molecule has 0 aliphatic carbocycles. The van der Waals surface area contributed by atoms with Crippen molar-refractivity contribution in [3.05, 3.63) is 36.4 Å². The van der Waals surface area contributed by atoms with Gasteiger partial charge in [0.2, 0.25) is 0 Å². The van der Waals surface area contributed by atoms with E-state index in [1.54, 1.807) is 14.2 Å². The van der Waals surface area contributed by atoms with Crippen LogP contribution in [0.25, 0.3) is 11.1 Å². The van der Waals surface area contributed by atoms with E-state index in [1.807, 2.05) is 36.4 Å². The van der Waals surface area contributed by atoms with Crippen molar-refractivity contribution in [2.75, 3.05) is 14.2 Å². The maximum absolute atomic E-state index is 6.85. The smallest absolute Gasteiger partial charge is 0.471 e. The first kappa shape index (κ1) is 19.6. The molecule has 27 heavy (non-hydrogen) atoms. The molecule has 0 saturated carbocycles. The first-order valence-electron chi connectivity index (χ1n) is 9.27. The van der Waals surface area contributed by atoms with Crippen LogP contribution < -0.4 is 18.3 Å². The zero-order valence-corrected chi connectivity index (χ0v) is 18.6. The fraction of sp³-hybridized carbons (Fsp3) is 0.455. The maximum Gasteiger partial charge on any atom is 0.471 e. The second-order valence-corrected chi connectivity index (χ2v) is 13.7. The molecule has 1 heterocycles. The summed E-state index contributed by atoms with van der Waals surface area (Å²) in [6, 6.07) is 11.9. The van der Waals surface area contributed by atoms with Crippen LogP contribution in [0.2, 0.25) is 10.1 Å². The average Bonchev–Trinajstić information content (AvgIpc) is 2.74. The van der Waals surface area contributed by atoms with Gasteiger partial charge < -0.3 is 18.3 Å². The lowest BCUT2D eigenvalue weighted by Gasteiger charge is -2.47. The van der Waals surface area contributed by atoms with E-state index < -0.39 is 8.56 Å². The highest BCUT2D eigenvalue weighted by Crippen LogP contribution is 2.56.